The molecule has 1 aliphatic carbocycles. The molecular weight excluding hydrogens is 214 g/mol. The van der Waals surface area contributed by atoms with Crippen LogP contribution in [0.4, 0.5) is 0 Å². The summed E-state index contributed by atoms with van der Waals surface area (Å²) in [7, 11) is 0. The van der Waals surface area contributed by atoms with Crippen molar-refractivity contribution in [1.82, 2.24) is 5.32 Å². The summed E-state index contributed by atoms with van der Waals surface area (Å²) in [5.41, 5.74) is 1.72. The number of aromatic hydroxyl groups is 1. The van der Waals surface area contributed by atoms with Crippen LogP contribution in [-0.2, 0) is 0 Å². The summed E-state index contributed by atoms with van der Waals surface area (Å²) < 4.78 is 0. The maximum absolute atomic E-state index is 11.8. The summed E-state index contributed by atoms with van der Waals surface area (Å²) >= 11 is 0. The van der Waals surface area contributed by atoms with E-state index in [9.17, 15) is 9.90 Å². The highest BCUT2D eigenvalue weighted by atomic mass is 16.3. The van der Waals surface area contributed by atoms with Gasteiger partial charge in [-0.25, -0.2) is 0 Å². The highest BCUT2D eigenvalue weighted by Gasteiger charge is 2.34. The standard InChI is InChI=1S/C14H17NO2/c16-10-6-7-11-12(8-10)13(15-14(11)17)9-4-2-1-3-5-9/h6-9,13,16H,1-5H2,(H,15,17). The van der Waals surface area contributed by atoms with Gasteiger partial charge in [-0.15, -0.1) is 0 Å². The van der Waals surface area contributed by atoms with Gasteiger partial charge in [0.15, 0.2) is 0 Å². The minimum Gasteiger partial charge on any atom is -0.508 e. The lowest BCUT2D eigenvalue weighted by atomic mass is 9.81. The van der Waals surface area contributed by atoms with E-state index < -0.39 is 0 Å². The van der Waals surface area contributed by atoms with E-state index in [1.54, 1.807) is 18.2 Å². The highest BCUT2D eigenvalue weighted by molar-refractivity contribution is 5.99. The molecule has 0 saturated heterocycles. The van der Waals surface area contributed by atoms with Gasteiger partial charge in [-0.2, -0.15) is 0 Å². The lowest BCUT2D eigenvalue weighted by Crippen LogP contribution is -2.27. The number of amides is 1. The van der Waals surface area contributed by atoms with Gasteiger partial charge in [0.05, 0.1) is 6.04 Å². The second kappa shape index (κ2) is 4.06. The molecule has 1 aromatic carbocycles. The first-order valence-electron chi connectivity index (χ1n) is 6.39. The van der Waals surface area contributed by atoms with E-state index in [2.05, 4.69) is 5.32 Å². The number of benzene rings is 1. The quantitative estimate of drug-likeness (QED) is 0.780. The minimum absolute atomic E-state index is 0.00979. The Morgan fingerprint density at radius 3 is 2.71 bits per heavy atom. The van der Waals surface area contributed by atoms with Gasteiger partial charge in [0, 0.05) is 5.56 Å². The van der Waals surface area contributed by atoms with Gasteiger partial charge >= 0.3 is 0 Å². The second-order valence-corrected chi connectivity index (χ2v) is 5.12. The molecule has 1 amide bonds. The fourth-order valence-electron chi connectivity index (χ4n) is 3.15. The van der Waals surface area contributed by atoms with Crippen LogP contribution >= 0.6 is 0 Å². The summed E-state index contributed by atoms with van der Waals surface area (Å²) in [5.74, 6) is 0.799. The minimum atomic E-state index is 0.00979. The van der Waals surface area contributed by atoms with E-state index >= 15 is 0 Å². The number of carbonyl (C=O) groups excluding carboxylic acids is 1. The van der Waals surface area contributed by atoms with Crippen LogP contribution in [0.2, 0.25) is 0 Å². The number of hydrogen-bond acceptors (Lipinski definition) is 2. The fourth-order valence-corrected chi connectivity index (χ4v) is 3.15. The van der Waals surface area contributed by atoms with Crippen molar-refractivity contribution in [3.8, 4) is 5.75 Å². The van der Waals surface area contributed by atoms with Crippen LogP contribution < -0.4 is 5.32 Å². The highest BCUT2D eigenvalue weighted by Crippen LogP contribution is 2.39. The molecule has 1 fully saturated rings. The largest absolute Gasteiger partial charge is 0.508 e. The van der Waals surface area contributed by atoms with Crippen LogP contribution in [0.5, 0.6) is 5.75 Å². The molecular formula is C14H17NO2. The van der Waals surface area contributed by atoms with Crippen molar-refractivity contribution in [3.05, 3.63) is 29.3 Å². The Balaban J connectivity index is 1.94. The molecule has 0 radical (unpaired) electrons. The summed E-state index contributed by atoms with van der Waals surface area (Å²) in [5, 5.41) is 12.6. The third kappa shape index (κ3) is 1.79. The average molecular weight is 231 g/mol. The second-order valence-electron chi connectivity index (χ2n) is 5.12. The van der Waals surface area contributed by atoms with Crippen molar-refractivity contribution in [2.75, 3.05) is 0 Å². The molecule has 0 aromatic heterocycles. The number of hydrogen-bond donors (Lipinski definition) is 2. The Kier molecular flexibility index (Phi) is 2.54. The molecule has 3 nitrogen and oxygen atoms in total. The van der Waals surface area contributed by atoms with E-state index in [-0.39, 0.29) is 17.7 Å². The molecule has 17 heavy (non-hydrogen) atoms. The van der Waals surface area contributed by atoms with E-state index in [1.807, 2.05) is 0 Å². The van der Waals surface area contributed by atoms with Gasteiger partial charge in [0.2, 0.25) is 0 Å². The summed E-state index contributed by atoms with van der Waals surface area (Å²) in [6.45, 7) is 0. The van der Waals surface area contributed by atoms with E-state index in [4.69, 9.17) is 0 Å². The molecule has 3 rings (SSSR count). The monoisotopic (exact) mass is 231 g/mol. The van der Waals surface area contributed by atoms with E-state index in [0.717, 1.165) is 11.1 Å². The molecule has 90 valence electrons. The maximum atomic E-state index is 11.8. The molecule has 0 spiro atoms. The van der Waals surface area contributed by atoms with Gasteiger partial charge in [-0.3, -0.25) is 4.79 Å². The van der Waals surface area contributed by atoms with Crippen LogP contribution in [0.15, 0.2) is 18.2 Å². The van der Waals surface area contributed by atoms with Crippen molar-refractivity contribution in [2.24, 2.45) is 5.92 Å². The van der Waals surface area contributed by atoms with Crippen molar-refractivity contribution in [1.29, 1.82) is 0 Å². The Morgan fingerprint density at radius 2 is 1.94 bits per heavy atom. The molecule has 1 aliphatic heterocycles. The van der Waals surface area contributed by atoms with Crippen LogP contribution in [0.1, 0.15) is 54.1 Å². The van der Waals surface area contributed by atoms with Crippen LogP contribution in [0, 0.1) is 5.92 Å². The lowest BCUT2D eigenvalue weighted by molar-refractivity contribution is 0.0940. The van der Waals surface area contributed by atoms with Gasteiger partial charge < -0.3 is 10.4 Å². The zero-order chi connectivity index (χ0) is 11.8. The zero-order valence-corrected chi connectivity index (χ0v) is 9.78. The fraction of sp³-hybridized carbons (Fsp3) is 0.500. The zero-order valence-electron chi connectivity index (χ0n) is 9.78. The van der Waals surface area contributed by atoms with Crippen LogP contribution in [0.25, 0.3) is 0 Å². The number of fused-ring (bicyclic) bond motifs is 1. The van der Waals surface area contributed by atoms with Gasteiger partial charge in [-0.05, 0) is 42.5 Å². The average Bonchev–Trinajstić information content (AvgIpc) is 2.67. The number of carbonyl (C=O) groups is 1. The third-order valence-corrected chi connectivity index (χ3v) is 4.02. The Labute approximate surface area is 101 Å². The van der Waals surface area contributed by atoms with Crippen LogP contribution in [-0.4, -0.2) is 11.0 Å². The van der Waals surface area contributed by atoms with Gasteiger partial charge in [0.25, 0.3) is 5.91 Å². The number of phenols is 1. The predicted molar refractivity (Wildman–Crippen MR) is 64.9 cm³/mol. The van der Waals surface area contributed by atoms with Gasteiger partial charge in [-0.1, -0.05) is 19.3 Å². The molecule has 1 heterocycles. The maximum Gasteiger partial charge on any atom is 0.252 e. The molecule has 2 aliphatic rings. The summed E-state index contributed by atoms with van der Waals surface area (Å²) in [6.07, 6.45) is 6.18. The predicted octanol–water partition coefficient (Wildman–Crippen LogP) is 2.76. The van der Waals surface area contributed by atoms with Crippen molar-refractivity contribution < 1.29 is 9.90 Å². The molecule has 3 heteroatoms. The molecule has 1 unspecified atom stereocenters. The molecule has 1 saturated carbocycles. The Hall–Kier alpha value is -1.51. The molecule has 1 atom stereocenters. The van der Waals surface area contributed by atoms with E-state index in [0.29, 0.717) is 5.92 Å². The van der Waals surface area contributed by atoms with Crippen molar-refractivity contribution >= 4 is 5.91 Å². The summed E-state index contributed by atoms with van der Waals surface area (Å²) in [4.78, 5) is 11.8. The molecule has 0 bridgehead atoms. The molecule has 2 N–H and O–H groups in total. The molecule has 1 aromatic rings. The Morgan fingerprint density at radius 1 is 1.18 bits per heavy atom. The first-order valence-corrected chi connectivity index (χ1v) is 6.39. The topological polar surface area (TPSA) is 49.3 Å². The smallest absolute Gasteiger partial charge is 0.252 e. The normalized spacial score (nSPS) is 24.5. The number of nitrogens with one attached hydrogen (secondary N) is 1. The third-order valence-electron chi connectivity index (χ3n) is 4.02. The van der Waals surface area contributed by atoms with Gasteiger partial charge in [0.1, 0.15) is 5.75 Å². The Bertz CT molecular complexity index is 450. The first kappa shape index (κ1) is 10.6. The number of rotatable bonds is 1. The first-order chi connectivity index (χ1) is 8.25. The lowest BCUT2D eigenvalue weighted by Gasteiger charge is -2.27. The van der Waals surface area contributed by atoms with Crippen LogP contribution in [0.3, 0.4) is 0 Å². The van der Waals surface area contributed by atoms with E-state index in [1.165, 1.54) is 32.1 Å². The van der Waals surface area contributed by atoms with Crippen molar-refractivity contribution in [3.63, 3.8) is 0 Å². The SMILES string of the molecule is O=C1NC(C2CCCCC2)c2cc(O)ccc21. The summed E-state index contributed by atoms with van der Waals surface area (Å²) in [6, 6.07) is 5.17. The number of phenolic OH excluding ortho intramolecular Hbond substituents is 1. The van der Waals surface area contributed by atoms with Crippen molar-refractivity contribution in [2.45, 2.75) is 38.1 Å².